The molecule has 0 bridgehead atoms. The number of aryl methyl sites for hydroxylation is 2. The van der Waals surface area contributed by atoms with Crippen molar-refractivity contribution in [2.45, 2.75) is 33.7 Å². The number of carbonyl (C=O) groups is 1. The molecule has 24 heavy (non-hydrogen) atoms. The molecule has 1 N–H and O–H groups in total. The number of aromatic nitrogens is 4. The van der Waals surface area contributed by atoms with E-state index in [1.807, 2.05) is 48.9 Å². The van der Waals surface area contributed by atoms with Crippen molar-refractivity contribution in [2.24, 2.45) is 0 Å². The van der Waals surface area contributed by atoms with Gasteiger partial charge < -0.3 is 9.88 Å². The van der Waals surface area contributed by atoms with E-state index in [2.05, 4.69) is 22.3 Å². The van der Waals surface area contributed by atoms with Crippen molar-refractivity contribution in [2.75, 3.05) is 5.32 Å². The van der Waals surface area contributed by atoms with E-state index >= 15 is 0 Å². The average molecular weight is 323 g/mol. The molecule has 2 heterocycles. The van der Waals surface area contributed by atoms with Crippen molar-refractivity contribution in [3.8, 4) is 5.69 Å². The number of nitrogens with one attached hydrogen (secondary N) is 1. The summed E-state index contributed by atoms with van der Waals surface area (Å²) >= 11 is 0. The zero-order valence-corrected chi connectivity index (χ0v) is 14.2. The van der Waals surface area contributed by atoms with E-state index in [1.165, 1.54) is 0 Å². The maximum Gasteiger partial charge on any atom is 0.276 e. The Labute approximate surface area is 141 Å². The second kappa shape index (κ2) is 6.70. The van der Waals surface area contributed by atoms with Crippen LogP contribution in [0.15, 0.2) is 42.9 Å². The third kappa shape index (κ3) is 3.22. The third-order valence-corrected chi connectivity index (χ3v) is 3.98. The maximum absolute atomic E-state index is 12.2. The van der Waals surface area contributed by atoms with Crippen LogP contribution in [0.3, 0.4) is 0 Å². The van der Waals surface area contributed by atoms with Crippen molar-refractivity contribution in [1.29, 1.82) is 0 Å². The number of rotatable bonds is 5. The van der Waals surface area contributed by atoms with Crippen molar-refractivity contribution in [1.82, 2.24) is 19.3 Å². The summed E-state index contributed by atoms with van der Waals surface area (Å²) in [4.78, 5) is 16.5. The van der Waals surface area contributed by atoms with Gasteiger partial charge in [0, 0.05) is 29.8 Å². The summed E-state index contributed by atoms with van der Waals surface area (Å²) in [5, 5.41) is 7.14. The van der Waals surface area contributed by atoms with Crippen LogP contribution in [-0.2, 0) is 6.54 Å². The minimum atomic E-state index is -0.202. The number of hydrogen-bond acceptors (Lipinski definition) is 3. The minimum Gasteiger partial charge on any atom is -0.321 e. The molecule has 0 fully saturated rings. The highest BCUT2D eigenvalue weighted by atomic mass is 16.1. The molecule has 3 aromatic rings. The topological polar surface area (TPSA) is 64.7 Å². The Morgan fingerprint density at radius 2 is 1.92 bits per heavy atom. The molecule has 0 aliphatic heterocycles. The molecule has 0 aliphatic rings. The lowest BCUT2D eigenvalue weighted by molar-refractivity contribution is 0.102. The van der Waals surface area contributed by atoms with Gasteiger partial charge in [-0.3, -0.25) is 9.48 Å². The van der Waals surface area contributed by atoms with Crippen LogP contribution in [-0.4, -0.2) is 25.2 Å². The molecule has 0 atom stereocenters. The fourth-order valence-electron chi connectivity index (χ4n) is 2.50. The van der Waals surface area contributed by atoms with Crippen LogP contribution < -0.4 is 5.32 Å². The molecule has 0 radical (unpaired) electrons. The summed E-state index contributed by atoms with van der Waals surface area (Å²) in [6.07, 6.45) is 4.61. The summed E-state index contributed by atoms with van der Waals surface area (Å²) in [5.41, 5.74) is 4.29. The second-order valence-corrected chi connectivity index (χ2v) is 5.75. The molecule has 2 aromatic heterocycles. The third-order valence-electron chi connectivity index (χ3n) is 3.98. The molecule has 0 saturated carbocycles. The summed E-state index contributed by atoms with van der Waals surface area (Å²) < 4.78 is 3.80. The van der Waals surface area contributed by atoms with E-state index in [9.17, 15) is 4.79 Å². The monoisotopic (exact) mass is 323 g/mol. The molecule has 6 heteroatoms. The number of benzene rings is 1. The highest BCUT2D eigenvalue weighted by molar-refractivity contribution is 6.02. The van der Waals surface area contributed by atoms with Crippen LogP contribution in [0, 0.1) is 13.8 Å². The molecule has 0 spiro atoms. The van der Waals surface area contributed by atoms with Crippen molar-refractivity contribution in [3.63, 3.8) is 0 Å². The summed E-state index contributed by atoms with van der Waals surface area (Å²) in [5.74, 6) is -0.202. The molecule has 124 valence electrons. The van der Waals surface area contributed by atoms with Crippen LogP contribution in [0.1, 0.15) is 35.2 Å². The first kappa shape index (κ1) is 16.0. The molecular formula is C18H21N5O. The lowest BCUT2D eigenvalue weighted by Crippen LogP contribution is -2.13. The first-order chi connectivity index (χ1) is 11.6. The van der Waals surface area contributed by atoms with Crippen LogP contribution in [0.5, 0.6) is 0 Å². The second-order valence-electron chi connectivity index (χ2n) is 5.75. The fourth-order valence-corrected chi connectivity index (χ4v) is 2.50. The largest absolute Gasteiger partial charge is 0.321 e. The number of carbonyl (C=O) groups excluding carboxylic acids is 1. The molecule has 0 aliphatic carbocycles. The molecule has 3 rings (SSSR count). The van der Waals surface area contributed by atoms with Gasteiger partial charge in [-0.2, -0.15) is 5.10 Å². The number of amides is 1. The van der Waals surface area contributed by atoms with Gasteiger partial charge >= 0.3 is 0 Å². The van der Waals surface area contributed by atoms with E-state index in [-0.39, 0.29) is 5.91 Å². The van der Waals surface area contributed by atoms with Crippen LogP contribution in [0.4, 0.5) is 5.69 Å². The van der Waals surface area contributed by atoms with Crippen LogP contribution in [0.2, 0.25) is 0 Å². The Kier molecular flexibility index (Phi) is 4.46. The average Bonchev–Trinajstić information content (AvgIpc) is 3.17. The quantitative estimate of drug-likeness (QED) is 0.783. The number of nitrogens with zero attached hydrogens (tertiary/aromatic N) is 4. The first-order valence-electron chi connectivity index (χ1n) is 8.04. The standard InChI is InChI=1S/C18H21N5O/c1-4-10-22-11-9-17(21-22)18(24)20-15-5-7-16(8-6-15)23-12-19-13(2)14(23)3/h5-9,11-12H,4,10H2,1-3H3,(H,20,24). The number of anilines is 1. The normalized spacial score (nSPS) is 10.8. The highest BCUT2D eigenvalue weighted by Crippen LogP contribution is 2.17. The number of imidazole rings is 1. The Bertz CT molecular complexity index is 845. The van der Waals surface area contributed by atoms with E-state index in [0.29, 0.717) is 5.69 Å². The molecular weight excluding hydrogens is 302 g/mol. The lowest BCUT2D eigenvalue weighted by atomic mass is 10.2. The Morgan fingerprint density at radius 1 is 1.17 bits per heavy atom. The Morgan fingerprint density at radius 3 is 2.54 bits per heavy atom. The van der Waals surface area contributed by atoms with E-state index < -0.39 is 0 Å². The summed E-state index contributed by atoms with van der Waals surface area (Å²) in [6, 6.07) is 9.41. The lowest BCUT2D eigenvalue weighted by Gasteiger charge is -2.08. The summed E-state index contributed by atoms with van der Waals surface area (Å²) in [7, 11) is 0. The molecule has 6 nitrogen and oxygen atoms in total. The van der Waals surface area contributed by atoms with Crippen LogP contribution >= 0.6 is 0 Å². The van der Waals surface area contributed by atoms with Gasteiger partial charge in [-0.05, 0) is 50.6 Å². The predicted molar refractivity (Wildman–Crippen MR) is 93.5 cm³/mol. The van der Waals surface area contributed by atoms with Crippen molar-refractivity contribution < 1.29 is 4.79 Å². The van der Waals surface area contributed by atoms with Gasteiger partial charge in [-0.25, -0.2) is 4.98 Å². The maximum atomic E-state index is 12.2. The Balaban J connectivity index is 1.71. The van der Waals surface area contributed by atoms with Gasteiger partial charge in [0.05, 0.1) is 12.0 Å². The van der Waals surface area contributed by atoms with E-state index in [4.69, 9.17) is 0 Å². The van der Waals surface area contributed by atoms with Crippen molar-refractivity contribution in [3.05, 3.63) is 59.9 Å². The van der Waals surface area contributed by atoms with E-state index in [0.717, 1.165) is 35.7 Å². The minimum absolute atomic E-state index is 0.202. The van der Waals surface area contributed by atoms with Crippen molar-refractivity contribution >= 4 is 11.6 Å². The van der Waals surface area contributed by atoms with Crippen LogP contribution in [0.25, 0.3) is 5.69 Å². The SMILES string of the molecule is CCCn1ccc(C(=O)Nc2ccc(-n3cnc(C)c3C)cc2)n1. The summed E-state index contributed by atoms with van der Waals surface area (Å²) in [6.45, 7) is 6.90. The van der Waals surface area contributed by atoms with Gasteiger partial charge in [0.15, 0.2) is 5.69 Å². The highest BCUT2D eigenvalue weighted by Gasteiger charge is 2.10. The van der Waals surface area contributed by atoms with Gasteiger partial charge in [-0.15, -0.1) is 0 Å². The predicted octanol–water partition coefficient (Wildman–Crippen LogP) is 3.35. The smallest absolute Gasteiger partial charge is 0.276 e. The Hall–Kier alpha value is -2.89. The fraction of sp³-hybridized carbons (Fsp3) is 0.278. The van der Waals surface area contributed by atoms with Gasteiger partial charge in [0.2, 0.25) is 0 Å². The first-order valence-corrected chi connectivity index (χ1v) is 8.04. The van der Waals surface area contributed by atoms with Gasteiger partial charge in [0.1, 0.15) is 0 Å². The van der Waals surface area contributed by atoms with E-state index in [1.54, 1.807) is 17.1 Å². The number of hydrogen-bond donors (Lipinski definition) is 1. The molecule has 1 amide bonds. The molecule has 0 unspecified atom stereocenters. The zero-order valence-electron chi connectivity index (χ0n) is 14.2. The van der Waals surface area contributed by atoms with Gasteiger partial charge in [0.25, 0.3) is 5.91 Å². The zero-order chi connectivity index (χ0) is 17.1. The molecule has 0 saturated heterocycles. The molecule has 1 aromatic carbocycles. The van der Waals surface area contributed by atoms with Gasteiger partial charge in [-0.1, -0.05) is 6.92 Å².